The smallest absolute Gasteiger partial charge is 0.255 e. The van der Waals surface area contributed by atoms with E-state index in [4.69, 9.17) is 9.84 Å². The third-order valence-corrected chi connectivity index (χ3v) is 5.58. The van der Waals surface area contributed by atoms with Gasteiger partial charge < -0.3 is 10.1 Å². The van der Waals surface area contributed by atoms with Crippen LogP contribution >= 0.6 is 11.3 Å². The third kappa shape index (κ3) is 4.84. The lowest BCUT2D eigenvalue weighted by Gasteiger charge is -2.07. The van der Waals surface area contributed by atoms with Crippen LogP contribution in [0, 0.1) is 0 Å². The maximum atomic E-state index is 13.0. The Morgan fingerprint density at radius 2 is 1.83 bits per heavy atom. The summed E-state index contributed by atoms with van der Waals surface area (Å²) in [5, 5.41) is 9.74. The van der Waals surface area contributed by atoms with Crippen molar-refractivity contribution in [3.05, 3.63) is 101 Å². The summed E-state index contributed by atoms with van der Waals surface area (Å²) in [7, 11) is 1.67. The molecule has 4 aromatic rings. The van der Waals surface area contributed by atoms with E-state index in [0.29, 0.717) is 31.0 Å². The highest BCUT2D eigenvalue weighted by molar-refractivity contribution is 7.13. The van der Waals surface area contributed by atoms with Gasteiger partial charge in [0.25, 0.3) is 5.91 Å². The highest BCUT2D eigenvalue weighted by Crippen LogP contribution is 2.27. The average Bonchev–Trinajstić information content (AvgIpc) is 3.43. The Morgan fingerprint density at radius 3 is 2.60 bits per heavy atom. The molecule has 5 nitrogen and oxygen atoms in total. The molecule has 152 valence electrons. The molecule has 0 saturated heterocycles. The Labute approximate surface area is 179 Å². The van der Waals surface area contributed by atoms with Crippen LogP contribution in [0.3, 0.4) is 0 Å². The van der Waals surface area contributed by atoms with Gasteiger partial charge in [-0.2, -0.15) is 5.10 Å². The second-order valence-corrected chi connectivity index (χ2v) is 7.94. The molecule has 0 bridgehead atoms. The van der Waals surface area contributed by atoms with Gasteiger partial charge in [-0.1, -0.05) is 60.7 Å². The van der Waals surface area contributed by atoms with Crippen molar-refractivity contribution < 1.29 is 9.53 Å². The van der Waals surface area contributed by atoms with Gasteiger partial charge in [0, 0.05) is 19.9 Å². The Hall–Kier alpha value is -3.22. The maximum Gasteiger partial charge on any atom is 0.255 e. The molecule has 2 aromatic heterocycles. The summed E-state index contributed by atoms with van der Waals surface area (Å²) >= 11 is 1.58. The second kappa shape index (κ2) is 9.52. The van der Waals surface area contributed by atoms with Gasteiger partial charge in [-0.3, -0.25) is 9.48 Å². The molecule has 0 atom stereocenters. The highest BCUT2D eigenvalue weighted by atomic mass is 32.1. The lowest BCUT2D eigenvalue weighted by molar-refractivity contribution is 0.0951. The normalized spacial score (nSPS) is 10.8. The van der Waals surface area contributed by atoms with Crippen LogP contribution in [-0.4, -0.2) is 22.8 Å². The van der Waals surface area contributed by atoms with Crippen LogP contribution < -0.4 is 5.32 Å². The SMILES string of the molecule is COCc1cccc(CNC(=O)c2cn(Cc3ccccc3)nc2-c2cccs2)c1. The summed E-state index contributed by atoms with van der Waals surface area (Å²) in [6.07, 6.45) is 1.83. The zero-order chi connectivity index (χ0) is 20.8. The molecule has 0 fully saturated rings. The summed E-state index contributed by atoms with van der Waals surface area (Å²) in [6, 6.07) is 22.1. The van der Waals surface area contributed by atoms with E-state index >= 15 is 0 Å². The molecule has 0 aliphatic rings. The van der Waals surface area contributed by atoms with Gasteiger partial charge in [-0.25, -0.2) is 0 Å². The van der Waals surface area contributed by atoms with E-state index in [9.17, 15) is 4.79 Å². The van der Waals surface area contributed by atoms with Crippen molar-refractivity contribution in [3.8, 4) is 10.6 Å². The quantitative estimate of drug-likeness (QED) is 0.451. The van der Waals surface area contributed by atoms with Gasteiger partial charge in [-0.15, -0.1) is 11.3 Å². The predicted molar refractivity (Wildman–Crippen MR) is 119 cm³/mol. The van der Waals surface area contributed by atoms with Crippen molar-refractivity contribution in [3.63, 3.8) is 0 Å². The number of hydrogen-bond acceptors (Lipinski definition) is 4. The molecule has 0 spiro atoms. The standard InChI is InChI=1S/C24H23N3O2S/c1-29-17-20-10-5-9-19(13-20)14-25-24(28)21-16-27(15-18-7-3-2-4-8-18)26-23(21)22-11-6-12-30-22/h2-13,16H,14-15,17H2,1H3,(H,25,28). The van der Waals surface area contributed by atoms with E-state index in [1.807, 2.05) is 70.9 Å². The fourth-order valence-electron chi connectivity index (χ4n) is 3.31. The van der Waals surface area contributed by atoms with E-state index in [-0.39, 0.29) is 5.91 Å². The predicted octanol–water partition coefficient (Wildman–Crippen LogP) is 4.74. The molecular formula is C24H23N3O2S. The molecule has 0 aliphatic heterocycles. The number of ether oxygens (including phenoxy) is 1. The average molecular weight is 418 g/mol. The summed E-state index contributed by atoms with van der Waals surface area (Å²) in [5.74, 6) is -0.130. The summed E-state index contributed by atoms with van der Waals surface area (Å²) in [4.78, 5) is 14.0. The first-order valence-corrected chi connectivity index (χ1v) is 10.6. The number of methoxy groups -OCH3 is 1. The van der Waals surface area contributed by atoms with E-state index in [0.717, 1.165) is 21.6 Å². The van der Waals surface area contributed by atoms with Gasteiger partial charge in [0.1, 0.15) is 5.69 Å². The van der Waals surface area contributed by atoms with Crippen LogP contribution in [0.25, 0.3) is 10.6 Å². The third-order valence-electron chi connectivity index (χ3n) is 4.70. The molecule has 0 aliphatic carbocycles. The molecule has 2 aromatic carbocycles. The van der Waals surface area contributed by atoms with Crippen LogP contribution in [0.1, 0.15) is 27.0 Å². The second-order valence-electron chi connectivity index (χ2n) is 6.99. The van der Waals surface area contributed by atoms with E-state index in [1.54, 1.807) is 18.4 Å². The fourth-order valence-corrected chi connectivity index (χ4v) is 4.03. The lowest BCUT2D eigenvalue weighted by Crippen LogP contribution is -2.23. The molecule has 1 amide bonds. The molecule has 0 radical (unpaired) electrons. The van der Waals surface area contributed by atoms with Crippen LogP contribution in [0.2, 0.25) is 0 Å². The fraction of sp³-hybridized carbons (Fsp3) is 0.167. The van der Waals surface area contributed by atoms with Gasteiger partial charge >= 0.3 is 0 Å². The monoisotopic (exact) mass is 417 g/mol. The molecule has 4 rings (SSSR count). The molecule has 6 heteroatoms. The maximum absolute atomic E-state index is 13.0. The van der Waals surface area contributed by atoms with E-state index in [1.165, 1.54) is 0 Å². The number of rotatable bonds is 8. The first kappa shape index (κ1) is 20.1. The Morgan fingerprint density at radius 1 is 1.03 bits per heavy atom. The van der Waals surface area contributed by atoms with Crippen molar-refractivity contribution in [1.82, 2.24) is 15.1 Å². The minimum absolute atomic E-state index is 0.130. The number of benzene rings is 2. The molecule has 30 heavy (non-hydrogen) atoms. The Bertz CT molecular complexity index is 1100. The Kier molecular flexibility index (Phi) is 6.37. The summed E-state index contributed by atoms with van der Waals surface area (Å²) in [6.45, 7) is 1.62. The number of carbonyl (C=O) groups is 1. The Balaban J connectivity index is 1.54. The largest absolute Gasteiger partial charge is 0.380 e. The summed E-state index contributed by atoms with van der Waals surface area (Å²) < 4.78 is 7.02. The van der Waals surface area contributed by atoms with Crippen LogP contribution in [0.4, 0.5) is 0 Å². The lowest BCUT2D eigenvalue weighted by atomic mass is 10.1. The van der Waals surface area contributed by atoms with Crippen molar-refractivity contribution in [2.24, 2.45) is 0 Å². The van der Waals surface area contributed by atoms with E-state index in [2.05, 4.69) is 17.4 Å². The van der Waals surface area contributed by atoms with Gasteiger partial charge in [-0.05, 0) is 28.1 Å². The molecule has 0 saturated carbocycles. The number of carbonyl (C=O) groups excluding carboxylic acids is 1. The number of hydrogen-bond donors (Lipinski definition) is 1. The van der Waals surface area contributed by atoms with Crippen LogP contribution in [-0.2, 0) is 24.4 Å². The van der Waals surface area contributed by atoms with Crippen LogP contribution in [0.5, 0.6) is 0 Å². The van der Waals surface area contributed by atoms with Crippen molar-refractivity contribution >= 4 is 17.2 Å². The van der Waals surface area contributed by atoms with Crippen molar-refractivity contribution in [2.75, 3.05) is 7.11 Å². The van der Waals surface area contributed by atoms with Gasteiger partial charge in [0.2, 0.25) is 0 Å². The number of thiophene rings is 1. The number of aromatic nitrogens is 2. The summed E-state index contributed by atoms with van der Waals surface area (Å²) in [5.41, 5.74) is 4.55. The van der Waals surface area contributed by atoms with E-state index < -0.39 is 0 Å². The molecule has 2 heterocycles. The zero-order valence-corrected chi connectivity index (χ0v) is 17.6. The minimum atomic E-state index is -0.130. The minimum Gasteiger partial charge on any atom is -0.380 e. The molecule has 0 unspecified atom stereocenters. The molecular weight excluding hydrogens is 394 g/mol. The number of nitrogens with zero attached hydrogens (tertiary/aromatic N) is 2. The first-order valence-electron chi connectivity index (χ1n) is 9.73. The van der Waals surface area contributed by atoms with Crippen molar-refractivity contribution in [1.29, 1.82) is 0 Å². The van der Waals surface area contributed by atoms with Crippen molar-refractivity contribution in [2.45, 2.75) is 19.7 Å². The zero-order valence-electron chi connectivity index (χ0n) is 16.7. The topological polar surface area (TPSA) is 56.1 Å². The van der Waals surface area contributed by atoms with Gasteiger partial charge in [0.15, 0.2) is 0 Å². The number of nitrogens with one attached hydrogen (secondary N) is 1. The highest BCUT2D eigenvalue weighted by Gasteiger charge is 2.18. The van der Waals surface area contributed by atoms with Gasteiger partial charge in [0.05, 0.1) is 23.6 Å². The molecule has 1 N–H and O–H groups in total. The first-order chi connectivity index (χ1) is 14.7. The van der Waals surface area contributed by atoms with Crippen LogP contribution in [0.15, 0.2) is 78.3 Å². The number of amides is 1.